The zero-order chi connectivity index (χ0) is 13.7. The van der Waals surface area contributed by atoms with E-state index in [1.165, 1.54) is 0 Å². The molecule has 17 heavy (non-hydrogen) atoms. The summed E-state index contributed by atoms with van der Waals surface area (Å²) in [6.07, 6.45) is 2.11. The predicted octanol–water partition coefficient (Wildman–Crippen LogP) is 0.0892. The van der Waals surface area contributed by atoms with E-state index in [4.69, 9.17) is 5.11 Å². The van der Waals surface area contributed by atoms with Gasteiger partial charge in [0.05, 0.1) is 11.5 Å². The fourth-order valence-corrected chi connectivity index (χ4v) is 4.51. The summed E-state index contributed by atoms with van der Waals surface area (Å²) >= 11 is 0. The highest BCUT2D eigenvalue weighted by Crippen LogP contribution is 2.12. The Kier molecular flexibility index (Phi) is 6.11. The van der Waals surface area contributed by atoms with Gasteiger partial charge in [-0.25, -0.2) is 16.8 Å². The van der Waals surface area contributed by atoms with E-state index in [9.17, 15) is 21.6 Å². The number of carboxylic acid groups (broad SMARTS) is 1. The minimum absolute atomic E-state index is 0.0257. The summed E-state index contributed by atoms with van der Waals surface area (Å²) in [4.78, 5) is 10.8. The van der Waals surface area contributed by atoms with Gasteiger partial charge in [0.2, 0.25) is 0 Å². The third-order valence-corrected chi connectivity index (χ3v) is 5.55. The Balaban J connectivity index is 4.79. The molecule has 0 saturated heterocycles. The molecule has 0 aromatic carbocycles. The lowest BCUT2D eigenvalue weighted by Gasteiger charge is -2.12. The Morgan fingerprint density at radius 3 is 2.06 bits per heavy atom. The van der Waals surface area contributed by atoms with Crippen molar-refractivity contribution in [2.45, 2.75) is 31.4 Å². The number of rotatable bonds is 8. The lowest BCUT2D eigenvalue weighted by molar-refractivity contribution is -0.136. The van der Waals surface area contributed by atoms with Crippen molar-refractivity contribution in [1.82, 2.24) is 0 Å². The maximum Gasteiger partial charge on any atom is 0.321 e. The molecule has 0 aromatic rings. The first-order valence-corrected chi connectivity index (χ1v) is 9.00. The Hall–Kier alpha value is -0.630. The van der Waals surface area contributed by atoms with Crippen molar-refractivity contribution in [3.05, 3.63) is 0 Å². The zero-order valence-electron chi connectivity index (χ0n) is 9.92. The lowest BCUT2D eigenvalue weighted by atomic mass is 10.2. The molecule has 1 N–H and O–H groups in total. The molecule has 0 aliphatic rings. The minimum atomic E-state index is -3.91. The van der Waals surface area contributed by atoms with Gasteiger partial charge >= 0.3 is 5.97 Å². The van der Waals surface area contributed by atoms with Crippen molar-refractivity contribution in [3.63, 3.8) is 0 Å². The number of hydrogen-bond donors (Lipinski definition) is 1. The van der Waals surface area contributed by atoms with Crippen LogP contribution in [0, 0.1) is 0 Å². The highest BCUT2D eigenvalue weighted by atomic mass is 32.2. The minimum Gasteiger partial charge on any atom is -0.480 e. The second-order valence-electron chi connectivity index (χ2n) is 3.97. The second-order valence-corrected chi connectivity index (χ2v) is 8.53. The van der Waals surface area contributed by atoms with Crippen molar-refractivity contribution >= 4 is 25.6 Å². The molecule has 1 atom stereocenters. The molecule has 0 heterocycles. The average Bonchev–Trinajstić information content (AvgIpc) is 2.14. The summed E-state index contributed by atoms with van der Waals surface area (Å²) in [5.41, 5.74) is 0. The molecule has 0 fully saturated rings. The van der Waals surface area contributed by atoms with E-state index in [0.717, 1.165) is 6.26 Å². The molecular weight excluding hydrogens is 268 g/mol. The highest BCUT2D eigenvalue weighted by molar-refractivity contribution is 7.95. The Morgan fingerprint density at radius 1 is 1.18 bits per heavy atom. The van der Waals surface area contributed by atoms with E-state index in [-0.39, 0.29) is 6.42 Å². The largest absolute Gasteiger partial charge is 0.480 e. The van der Waals surface area contributed by atoms with Crippen LogP contribution in [-0.2, 0) is 24.5 Å². The molecular formula is C9H18O6S2. The van der Waals surface area contributed by atoms with E-state index >= 15 is 0 Å². The second kappa shape index (κ2) is 6.34. The van der Waals surface area contributed by atoms with E-state index in [2.05, 4.69) is 0 Å². The van der Waals surface area contributed by atoms with Gasteiger partial charge in [-0.3, -0.25) is 4.79 Å². The van der Waals surface area contributed by atoms with Crippen LogP contribution in [0.4, 0.5) is 0 Å². The molecule has 8 heteroatoms. The molecule has 1 unspecified atom stereocenters. The number of unbranched alkanes of at least 4 members (excludes halogenated alkanes) is 1. The summed E-state index contributed by atoms with van der Waals surface area (Å²) in [6.45, 7) is 1.82. The molecule has 0 rings (SSSR count). The van der Waals surface area contributed by atoms with Gasteiger partial charge < -0.3 is 5.11 Å². The van der Waals surface area contributed by atoms with Gasteiger partial charge in [-0.05, 0) is 6.42 Å². The van der Waals surface area contributed by atoms with Gasteiger partial charge in [-0.15, -0.1) is 0 Å². The Morgan fingerprint density at radius 2 is 1.71 bits per heavy atom. The first-order chi connectivity index (χ1) is 7.60. The molecule has 0 amide bonds. The number of sulfone groups is 2. The molecule has 0 saturated carbocycles. The maximum atomic E-state index is 11.7. The molecule has 0 spiro atoms. The topological polar surface area (TPSA) is 106 Å². The SMILES string of the molecule is CCCCC(C(=O)O)S(=O)(=O)CCS(C)(=O)=O. The van der Waals surface area contributed by atoms with Gasteiger partial charge in [0, 0.05) is 6.26 Å². The first kappa shape index (κ1) is 16.4. The van der Waals surface area contributed by atoms with Crippen molar-refractivity contribution in [1.29, 1.82) is 0 Å². The highest BCUT2D eigenvalue weighted by Gasteiger charge is 2.32. The molecule has 0 aliphatic heterocycles. The molecule has 0 radical (unpaired) electrons. The van der Waals surface area contributed by atoms with Crippen LogP contribution in [0.3, 0.4) is 0 Å². The normalized spacial score (nSPS) is 14.5. The van der Waals surface area contributed by atoms with E-state index in [0.29, 0.717) is 12.8 Å². The lowest BCUT2D eigenvalue weighted by Crippen LogP contribution is -2.34. The van der Waals surface area contributed by atoms with Gasteiger partial charge in [0.25, 0.3) is 0 Å². The van der Waals surface area contributed by atoms with Crippen LogP contribution >= 0.6 is 0 Å². The van der Waals surface area contributed by atoms with Crippen LogP contribution in [0.5, 0.6) is 0 Å². The van der Waals surface area contributed by atoms with Crippen LogP contribution in [-0.4, -0.2) is 50.9 Å². The van der Waals surface area contributed by atoms with Crippen LogP contribution in [0.15, 0.2) is 0 Å². The summed E-state index contributed by atoms with van der Waals surface area (Å²) in [5, 5.41) is 7.34. The van der Waals surface area contributed by atoms with E-state index < -0.39 is 42.4 Å². The molecule has 0 aliphatic carbocycles. The number of carboxylic acids is 1. The third-order valence-electron chi connectivity index (χ3n) is 2.27. The van der Waals surface area contributed by atoms with Crippen molar-refractivity contribution in [2.75, 3.05) is 17.8 Å². The molecule has 0 aromatic heterocycles. The Bertz CT molecular complexity index is 448. The third kappa shape index (κ3) is 6.62. The van der Waals surface area contributed by atoms with Crippen LogP contribution in [0.1, 0.15) is 26.2 Å². The van der Waals surface area contributed by atoms with Crippen molar-refractivity contribution in [3.8, 4) is 0 Å². The quantitative estimate of drug-likeness (QED) is 0.678. The molecule has 6 nitrogen and oxygen atoms in total. The van der Waals surface area contributed by atoms with Crippen molar-refractivity contribution in [2.24, 2.45) is 0 Å². The van der Waals surface area contributed by atoms with E-state index in [1.54, 1.807) is 0 Å². The van der Waals surface area contributed by atoms with Crippen LogP contribution in [0.2, 0.25) is 0 Å². The summed E-state index contributed by atoms with van der Waals surface area (Å²) in [7, 11) is -7.31. The van der Waals surface area contributed by atoms with Gasteiger partial charge in [-0.2, -0.15) is 0 Å². The zero-order valence-corrected chi connectivity index (χ0v) is 11.6. The number of carbonyl (C=O) groups is 1. The van der Waals surface area contributed by atoms with E-state index in [1.807, 2.05) is 6.92 Å². The van der Waals surface area contributed by atoms with Crippen LogP contribution in [0.25, 0.3) is 0 Å². The number of hydrogen-bond acceptors (Lipinski definition) is 5. The summed E-state index contributed by atoms with van der Waals surface area (Å²) in [5.74, 6) is -2.58. The average molecular weight is 286 g/mol. The number of aliphatic carboxylic acids is 1. The van der Waals surface area contributed by atoms with Crippen molar-refractivity contribution < 1.29 is 26.7 Å². The first-order valence-electron chi connectivity index (χ1n) is 5.22. The summed E-state index contributed by atoms with van der Waals surface area (Å²) < 4.78 is 45.1. The Labute approximate surface area is 102 Å². The molecule has 102 valence electrons. The maximum absolute atomic E-state index is 11.7. The summed E-state index contributed by atoms with van der Waals surface area (Å²) in [6, 6.07) is 0. The van der Waals surface area contributed by atoms with Gasteiger partial charge in [-0.1, -0.05) is 19.8 Å². The standard InChI is InChI=1S/C9H18O6S2/c1-3-4-5-8(9(10)11)17(14,15)7-6-16(2,12)13/h8H,3-7H2,1-2H3,(H,10,11). The fraction of sp³-hybridized carbons (Fsp3) is 0.889. The fourth-order valence-electron chi connectivity index (χ4n) is 1.26. The monoisotopic (exact) mass is 286 g/mol. The van der Waals surface area contributed by atoms with Crippen LogP contribution < -0.4 is 0 Å². The van der Waals surface area contributed by atoms with Gasteiger partial charge in [0.1, 0.15) is 9.84 Å². The predicted molar refractivity (Wildman–Crippen MR) is 64.4 cm³/mol. The molecule has 0 bridgehead atoms. The van der Waals surface area contributed by atoms with Gasteiger partial charge in [0.15, 0.2) is 15.1 Å². The smallest absolute Gasteiger partial charge is 0.321 e.